The second kappa shape index (κ2) is 3.23. The van der Waals surface area contributed by atoms with Crippen molar-refractivity contribution in [3.8, 4) is 6.07 Å². The van der Waals surface area contributed by atoms with Crippen LogP contribution in [0.3, 0.4) is 0 Å². The standard InChI is InChI=1S/C8H10N4S/c1-10-8-12-7(6(4-9)13-8)11-5-2-3-5/h5,11H,2-3H2,1H3,(H,10,12). The van der Waals surface area contributed by atoms with Gasteiger partial charge in [0.05, 0.1) is 0 Å². The summed E-state index contributed by atoms with van der Waals surface area (Å²) in [5.74, 6) is 0.736. The zero-order valence-electron chi connectivity index (χ0n) is 7.29. The van der Waals surface area contributed by atoms with E-state index >= 15 is 0 Å². The Morgan fingerprint density at radius 3 is 2.92 bits per heavy atom. The third-order valence-corrected chi connectivity index (χ3v) is 2.84. The van der Waals surface area contributed by atoms with Crippen LogP contribution in [0, 0.1) is 11.3 Å². The van der Waals surface area contributed by atoms with Gasteiger partial charge in [-0.15, -0.1) is 0 Å². The normalized spacial score (nSPS) is 15.1. The van der Waals surface area contributed by atoms with Crippen molar-refractivity contribution in [2.24, 2.45) is 0 Å². The van der Waals surface area contributed by atoms with Gasteiger partial charge in [-0.05, 0) is 12.8 Å². The Labute approximate surface area is 80.6 Å². The highest BCUT2D eigenvalue weighted by atomic mass is 32.1. The number of thiazole rings is 1. The van der Waals surface area contributed by atoms with Crippen LogP contribution >= 0.6 is 11.3 Å². The number of nitrogens with zero attached hydrogens (tertiary/aromatic N) is 2. The fraction of sp³-hybridized carbons (Fsp3) is 0.500. The molecule has 13 heavy (non-hydrogen) atoms. The summed E-state index contributed by atoms with van der Waals surface area (Å²) in [6.07, 6.45) is 2.38. The first kappa shape index (κ1) is 8.32. The van der Waals surface area contributed by atoms with E-state index in [4.69, 9.17) is 5.26 Å². The lowest BCUT2D eigenvalue weighted by Crippen LogP contribution is -2.02. The molecule has 0 bridgehead atoms. The summed E-state index contributed by atoms with van der Waals surface area (Å²) in [5.41, 5.74) is 0. The number of aromatic nitrogens is 1. The van der Waals surface area contributed by atoms with Crippen LogP contribution in [0.1, 0.15) is 17.7 Å². The maximum absolute atomic E-state index is 8.81. The Kier molecular flexibility index (Phi) is 2.07. The number of rotatable bonds is 3. The minimum atomic E-state index is 0.541. The number of anilines is 2. The van der Waals surface area contributed by atoms with Crippen LogP contribution < -0.4 is 10.6 Å². The number of hydrogen-bond acceptors (Lipinski definition) is 5. The molecule has 1 saturated carbocycles. The van der Waals surface area contributed by atoms with Gasteiger partial charge in [0.1, 0.15) is 6.07 Å². The first-order valence-electron chi connectivity index (χ1n) is 4.18. The Morgan fingerprint density at radius 2 is 2.38 bits per heavy atom. The van der Waals surface area contributed by atoms with Crippen molar-refractivity contribution in [3.63, 3.8) is 0 Å². The molecule has 1 fully saturated rings. The summed E-state index contributed by atoms with van der Waals surface area (Å²) in [4.78, 5) is 4.92. The van der Waals surface area contributed by atoms with E-state index in [0.29, 0.717) is 10.9 Å². The first-order valence-corrected chi connectivity index (χ1v) is 5.00. The molecule has 2 N–H and O–H groups in total. The Hall–Kier alpha value is -1.28. The number of nitrogens with one attached hydrogen (secondary N) is 2. The van der Waals surface area contributed by atoms with Gasteiger partial charge in [0.25, 0.3) is 0 Å². The predicted octanol–water partition coefficient (Wildman–Crippen LogP) is 1.63. The van der Waals surface area contributed by atoms with E-state index < -0.39 is 0 Å². The highest BCUT2D eigenvalue weighted by Crippen LogP contribution is 2.30. The van der Waals surface area contributed by atoms with Crippen LogP contribution in [0.25, 0.3) is 0 Å². The molecule has 68 valence electrons. The average Bonchev–Trinajstić information content (AvgIpc) is 2.85. The van der Waals surface area contributed by atoms with Crippen LogP contribution in [0.5, 0.6) is 0 Å². The molecule has 1 aliphatic rings. The smallest absolute Gasteiger partial charge is 0.185 e. The van der Waals surface area contributed by atoms with Gasteiger partial charge in [-0.3, -0.25) is 0 Å². The number of nitriles is 1. The van der Waals surface area contributed by atoms with E-state index in [1.807, 2.05) is 0 Å². The predicted molar refractivity (Wildman–Crippen MR) is 53.0 cm³/mol. The van der Waals surface area contributed by atoms with Gasteiger partial charge >= 0.3 is 0 Å². The topological polar surface area (TPSA) is 60.7 Å². The Bertz CT molecular complexity index is 348. The van der Waals surface area contributed by atoms with Crippen molar-refractivity contribution in [2.45, 2.75) is 18.9 Å². The second-order valence-corrected chi connectivity index (χ2v) is 3.98. The molecular formula is C8H10N4S. The summed E-state index contributed by atoms with van der Waals surface area (Å²) in [7, 11) is 1.81. The van der Waals surface area contributed by atoms with Gasteiger partial charge in [0.15, 0.2) is 15.8 Å². The monoisotopic (exact) mass is 194 g/mol. The molecule has 0 radical (unpaired) electrons. The molecule has 4 nitrogen and oxygen atoms in total. The van der Waals surface area contributed by atoms with Crippen molar-refractivity contribution in [2.75, 3.05) is 17.7 Å². The van der Waals surface area contributed by atoms with E-state index in [9.17, 15) is 0 Å². The molecule has 0 amide bonds. The third kappa shape index (κ3) is 1.73. The van der Waals surface area contributed by atoms with Crippen molar-refractivity contribution in [1.82, 2.24) is 4.98 Å². The van der Waals surface area contributed by atoms with Gasteiger partial charge < -0.3 is 10.6 Å². The highest BCUT2D eigenvalue weighted by Gasteiger charge is 2.23. The zero-order valence-corrected chi connectivity index (χ0v) is 8.11. The molecule has 2 rings (SSSR count). The SMILES string of the molecule is CNc1nc(NC2CC2)c(C#N)s1. The molecule has 0 saturated heterocycles. The Balaban J connectivity index is 2.20. The van der Waals surface area contributed by atoms with Crippen LogP contribution in [-0.4, -0.2) is 18.1 Å². The minimum absolute atomic E-state index is 0.541. The lowest BCUT2D eigenvalue weighted by molar-refractivity contribution is 1.12. The molecule has 1 aliphatic carbocycles. The van der Waals surface area contributed by atoms with Gasteiger partial charge in [0, 0.05) is 13.1 Å². The lowest BCUT2D eigenvalue weighted by atomic mass is 10.5. The second-order valence-electron chi connectivity index (χ2n) is 2.98. The van der Waals surface area contributed by atoms with Crippen molar-refractivity contribution in [1.29, 1.82) is 5.26 Å². The average molecular weight is 194 g/mol. The zero-order chi connectivity index (χ0) is 9.26. The summed E-state index contributed by atoms with van der Waals surface area (Å²) >= 11 is 1.38. The maximum Gasteiger partial charge on any atom is 0.185 e. The van der Waals surface area contributed by atoms with Gasteiger partial charge in [-0.2, -0.15) is 5.26 Å². The van der Waals surface area contributed by atoms with Gasteiger partial charge in [-0.1, -0.05) is 11.3 Å². The summed E-state index contributed by atoms with van der Waals surface area (Å²) in [6.45, 7) is 0. The highest BCUT2D eigenvalue weighted by molar-refractivity contribution is 7.16. The quantitative estimate of drug-likeness (QED) is 0.767. The van der Waals surface area contributed by atoms with Crippen LogP contribution in [0.4, 0.5) is 10.9 Å². The van der Waals surface area contributed by atoms with Crippen molar-refractivity contribution >= 4 is 22.3 Å². The van der Waals surface area contributed by atoms with Crippen molar-refractivity contribution in [3.05, 3.63) is 4.88 Å². The van der Waals surface area contributed by atoms with Gasteiger partial charge in [-0.25, -0.2) is 4.98 Å². The summed E-state index contributed by atoms with van der Waals surface area (Å²) < 4.78 is 0. The van der Waals surface area contributed by atoms with Crippen LogP contribution in [-0.2, 0) is 0 Å². The summed E-state index contributed by atoms with van der Waals surface area (Å²) in [5, 5.41) is 15.8. The minimum Gasteiger partial charge on any atom is -0.365 e. The van der Waals surface area contributed by atoms with Crippen LogP contribution in [0.15, 0.2) is 0 Å². The molecule has 0 aromatic carbocycles. The third-order valence-electron chi connectivity index (χ3n) is 1.86. The maximum atomic E-state index is 8.81. The van der Waals surface area contributed by atoms with E-state index in [2.05, 4.69) is 21.7 Å². The van der Waals surface area contributed by atoms with Crippen LogP contribution in [0.2, 0.25) is 0 Å². The van der Waals surface area contributed by atoms with Crippen molar-refractivity contribution < 1.29 is 0 Å². The first-order chi connectivity index (χ1) is 6.33. The van der Waals surface area contributed by atoms with E-state index in [-0.39, 0.29) is 0 Å². The molecular weight excluding hydrogens is 184 g/mol. The molecule has 1 aromatic rings. The van der Waals surface area contributed by atoms with E-state index in [0.717, 1.165) is 10.9 Å². The molecule has 0 aliphatic heterocycles. The molecule has 5 heteroatoms. The summed E-state index contributed by atoms with van der Waals surface area (Å²) in [6, 6.07) is 2.68. The lowest BCUT2D eigenvalue weighted by Gasteiger charge is -1.97. The fourth-order valence-corrected chi connectivity index (χ4v) is 1.70. The van der Waals surface area contributed by atoms with Gasteiger partial charge in [0.2, 0.25) is 0 Å². The Morgan fingerprint density at radius 1 is 1.62 bits per heavy atom. The molecule has 0 atom stereocenters. The fourth-order valence-electron chi connectivity index (χ4n) is 1.02. The molecule has 0 spiro atoms. The molecule has 0 unspecified atom stereocenters. The molecule has 1 heterocycles. The van der Waals surface area contributed by atoms with E-state index in [1.54, 1.807) is 7.05 Å². The largest absolute Gasteiger partial charge is 0.365 e. The molecule has 1 aromatic heterocycles. The number of hydrogen-bond donors (Lipinski definition) is 2. The van der Waals surface area contributed by atoms with E-state index in [1.165, 1.54) is 24.2 Å².